The highest BCUT2D eigenvalue weighted by molar-refractivity contribution is 5.27. The van der Waals surface area contributed by atoms with Crippen molar-refractivity contribution in [3.63, 3.8) is 0 Å². The maximum Gasteiger partial charge on any atom is 0.126 e. The van der Waals surface area contributed by atoms with Crippen molar-refractivity contribution in [1.29, 1.82) is 0 Å². The maximum atomic E-state index is 13.2. The fourth-order valence-electron chi connectivity index (χ4n) is 1.97. The summed E-state index contributed by atoms with van der Waals surface area (Å²) < 4.78 is 28.0. The van der Waals surface area contributed by atoms with Gasteiger partial charge in [0, 0.05) is 24.8 Å². The Labute approximate surface area is 104 Å². The van der Waals surface area contributed by atoms with Gasteiger partial charge in [0.15, 0.2) is 0 Å². The molecule has 0 saturated carbocycles. The number of hydrogen-bond acceptors (Lipinski definition) is 2. The molecule has 0 radical (unpaired) electrons. The van der Waals surface area contributed by atoms with Crippen LogP contribution in [0, 0.1) is 11.6 Å². The molecule has 0 aliphatic rings. The summed E-state index contributed by atoms with van der Waals surface area (Å²) in [6.45, 7) is 1.74. The van der Waals surface area contributed by atoms with E-state index >= 15 is 0 Å². The zero-order valence-corrected chi connectivity index (χ0v) is 10.3. The van der Waals surface area contributed by atoms with E-state index in [4.69, 9.17) is 5.73 Å². The Bertz CT molecular complexity index is 541. The van der Waals surface area contributed by atoms with Crippen LogP contribution in [-0.4, -0.2) is 9.78 Å². The van der Waals surface area contributed by atoms with E-state index < -0.39 is 17.2 Å². The molecule has 18 heavy (non-hydrogen) atoms. The third kappa shape index (κ3) is 2.73. The van der Waals surface area contributed by atoms with Gasteiger partial charge in [0.1, 0.15) is 11.6 Å². The Hall–Kier alpha value is -1.75. The molecular formula is C13H15F2N3. The number of nitrogens with two attached hydrogens (primary N) is 1. The molecule has 0 spiro atoms. The number of aromatic nitrogens is 2. The average molecular weight is 251 g/mol. The number of rotatable bonds is 3. The molecule has 96 valence electrons. The van der Waals surface area contributed by atoms with Crippen molar-refractivity contribution in [3.8, 4) is 0 Å². The summed E-state index contributed by atoms with van der Waals surface area (Å²) in [4.78, 5) is 0. The average Bonchev–Trinajstić information content (AvgIpc) is 2.61. The molecule has 2 aromatic rings. The quantitative estimate of drug-likeness (QED) is 0.908. The minimum atomic E-state index is -0.841. The number of halogens is 2. The van der Waals surface area contributed by atoms with Crippen LogP contribution in [0.2, 0.25) is 0 Å². The zero-order valence-electron chi connectivity index (χ0n) is 10.3. The zero-order chi connectivity index (χ0) is 13.3. The summed E-state index contributed by atoms with van der Waals surface area (Å²) in [5, 5.41) is 4.04. The number of nitrogens with zero attached hydrogens (tertiary/aromatic N) is 2. The molecular weight excluding hydrogens is 236 g/mol. The molecule has 0 aliphatic heterocycles. The summed E-state index contributed by atoms with van der Waals surface area (Å²) in [6.07, 6.45) is 3.99. The first kappa shape index (κ1) is 12.7. The first-order valence-electron chi connectivity index (χ1n) is 5.60. The van der Waals surface area contributed by atoms with Gasteiger partial charge >= 0.3 is 0 Å². The normalized spacial score (nSPS) is 14.5. The van der Waals surface area contributed by atoms with Gasteiger partial charge in [0.2, 0.25) is 0 Å². The van der Waals surface area contributed by atoms with Gasteiger partial charge < -0.3 is 5.73 Å². The van der Waals surface area contributed by atoms with Crippen molar-refractivity contribution >= 4 is 0 Å². The first-order valence-corrected chi connectivity index (χ1v) is 5.60. The summed E-state index contributed by atoms with van der Waals surface area (Å²) in [7, 11) is 1.80. The van der Waals surface area contributed by atoms with Crippen LogP contribution in [0.1, 0.15) is 18.1 Å². The van der Waals surface area contributed by atoms with Gasteiger partial charge in [-0.1, -0.05) is 0 Å². The van der Waals surface area contributed by atoms with Gasteiger partial charge in [-0.15, -0.1) is 0 Å². The number of benzene rings is 1. The summed E-state index contributed by atoms with van der Waals surface area (Å²) >= 11 is 0. The number of hydrogen-bond donors (Lipinski definition) is 1. The third-order valence-corrected chi connectivity index (χ3v) is 2.85. The molecule has 5 heteroatoms. The van der Waals surface area contributed by atoms with Crippen molar-refractivity contribution in [1.82, 2.24) is 9.78 Å². The molecule has 1 atom stereocenters. The highest BCUT2D eigenvalue weighted by Crippen LogP contribution is 2.24. The molecule has 0 saturated heterocycles. The lowest BCUT2D eigenvalue weighted by Gasteiger charge is -2.24. The van der Waals surface area contributed by atoms with E-state index in [2.05, 4.69) is 5.10 Å². The fourth-order valence-corrected chi connectivity index (χ4v) is 1.97. The van der Waals surface area contributed by atoms with Crippen molar-refractivity contribution in [3.05, 3.63) is 53.4 Å². The molecule has 1 unspecified atom stereocenters. The SMILES string of the molecule is Cn1cc(CC(C)(N)c2cc(F)cc(F)c2)cn1. The molecule has 3 nitrogen and oxygen atoms in total. The largest absolute Gasteiger partial charge is 0.321 e. The van der Waals surface area contributed by atoms with Gasteiger partial charge in [0.25, 0.3) is 0 Å². The van der Waals surface area contributed by atoms with E-state index in [0.29, 0.717) is 12.0 Å². The van der Waals surface area contributed by atoms with Crippen LogP contribution in [0.5, 0.6) is 0 Å². The van der Waals surface area contributed by atoms with E-state index in [1.807, 2.05) is 6.20 Å². The lowest BCUT2D eigenvalue weighted by molar-refractivity contribution is 0.478. The van der Waals surface area contributed by atoms with Gasteiger partial charge in [-0.25, -0.2) is 8.78 Å². The van der Waals surface area contributed by atoms with E-state index in [-0.39, 0.29) is 0 Å². The summed E-state index contributed by atoms with van der Waals surface area (Å²) in [5.74, 6) is -1.24. The van der Waals surface area contributed by atoms with Crippen LogP contribution < -0.4 is 5.73 Å². The monoisotopic (exact) mass is 251 g/mol. The van der Waals surface area contributed by atoms with Crippen LogP contribution in [0.3, 0.4) is 0 Å². The predicted octanol–water partition coefficient (Wildman–Crippen LogP) is 2.11. The van der Waals surface area contributed by atoms with Gasteiger partial charge in [-0.2, -0.15) is 5.10 Å². The smallest absolute Gasteiger partial charge is 0.126 e. The van der Waals surface area contributed by atoms with E-state index in [0.717, 1.165) is 11.6 Å². The van der Waals surface area contributed by atoms with Crippen molar-refractivity contribution < 1.29 is 8.78 Å². The Morgan fingerprint density at radius 3 is 2.39 bits per heavy atom. The van der Waals surface area contributed by atoms with Crippen LogP contribution in [0.4, 0.5) is 8.78 Å². The van der Waals surface area contributed by atoms with Crippen LogP contribution in [0.15, 0.2) is 30.6 Å². The molecule has 0 aliphatic carbocycles. The summed E-state index contributed by atoms with van der Waals surface area (Å²) in [6, 6.07) is 3.36. The molecule has 2 N–H and O–H groups in total. The summed E-state index contributed by atoms with van der Waals surface area (Å²) in [5.41, 5.74) is 6.66. The van der Waals surface area contributed by atoms with E-state index in [1.54, 1.807) is 24.9 Å². The minimum absolute atomic E-state index is 0.434. The Morgan fingerprint density at radius 1 is 1.28 bits per heavy atom. The van der Waals surface area contributed by atoms with Crippen molar-refractivity contribution in [2.24, 2.45) is 12.8 Å². The molecule has 2 rings (SSSR count). The van der Waals surface area contributed by atoms with Crippen LogP contribution in [0.25, 0.3) is 0 Å². The highest BCUT2D eigenvalue weighted by Gasteiger charge is 2.23. The Balaban J connectivity index is 2.29. The van der Waals surface area contributed by atoms with Crippen molar-refractivity contribution in [2.75, 3.05) is 0 Å². The fraction of sp³-hybridized carbons (Fsp3) is 0.308. The Kier molecular flexibility index (Phi) is 3.17. The Morgan fingerprint density at radius 2 is 1.89 bits per heavy atom. The third-order valence-electron chi connectivity index (χ3n) is 2.85. The molecule has 0 fully saturated rings. The topological polar surface area (TPSA) is 43.8 Å². The molecule has 1 aromatic carbocycles. The molecule has 1 heterocycles. The standard InChI is InChI=1S/C13H15F2N3/c1-13(16,6-9-7-17-18(2)8-9)10-3-11(14)5-12(15)4-10/h3-5,7-8H,6,16H2,1-2H3. The van der Waals surface area contributed by atoms with Gasteiger partial charge in [-0.3, -0.25) is 4.68 Å². The minimum Gasteiger partial charge on any atom is -0.321 e. The molecule has 0 amide bonds. The lowest BCUT2D eigenvalue weighted by Crippen LogP contribution is -2.35. The lowest BCUT2D eigenvalue weighted by atomic mass is 9.87. The van der Waals surface area contributed by atoms with Crippen molar-refractivity contribution in [2.45, 2.75) is 18.9 Å². The second-order valence-electron chi connectivity index (χ2n) is 4.77. The molecule has 1 aromatic heterocycles. The predicted molar refractivity (Wildman–Crippen MR) is 64.8 cm³/mol. The maximum absolute atomic E-state index is 13.2. The van der Waals surface area contributed by atoms with Gasteiger partial charge in [-0.05, 0) is 36.6 Å². The van der Waals surface area contributed by atoms with E-state index in [1.165, 1.54) is 12.1 Å². The second-order valence-corrected chi connectivity index (χ2v) is 4.77. The first-order chi connectivity index (χ1) is 8.37. The van der Waals surface area contributed by atoms with Crippen LogP contribution >= 0.6 is 0 Å². The number of aryl methyl sites for hydroxylation is 1. The van der Waals surface area contributed by atoms with E-state index in [9.17, 15) is 8.78 Å². The highest BCUT2D eigenvalue weighted by atomic mass is 19.1. The molecule has 0 bridgehead atoms. The van der Waals surface area contributed by atoms with Crippen LogP contribution in [-0.2, 0) is 19.0 Å². The van der Waals surface area contributed by atoms with Gasteiger partial charge in [0.05, 0.1) is 6.20 Å². The second kappa shape index (κ2) is 4.49.